The van der Waals surface area contributed by atoms with Crippen LogP contribution in [0.5, 0.6) is 5.75 Å². The molecule has 0 aliphatic heterocycles. The Morgan fingerprint density at radius 1 is 1.27 bits per heavy atom. The van der Waals surface area contributed by atoms with Crippen molar-refractivity contribution in [3.63, 3.8) is 0 Å². The molecule has 1 aromatic carbocycles. The van der Waals surface area contributed by atoms with E-state index in [1.54, 1.807) is 13.4 Å². The molecule has 4 rings (SSSR count). The van der Waals surface area contributed by atoms with Gasteiger partial charge in [0.05, 0.1) is 13.7 Å². The third-order valence-electron chi connectivity index (χ3n) is 3.74. The van der Waals surface area contributed by atoms with Gasteiger partial charge in [0.25, 0.3) is 0 Å². The zero-order valence-corrected chi connectivity index (χ0v) is 12.2. The summed E-state index contributed by atoms with van der Waals surface area (Å²) in [7, 11) is 1.64. The molecule has 3 aromatic rings. The van der Waals surface area contributed by atoms with Crippen molar-refractivity contribution in [1.82, 2.24) is 15.0 Å². The van der Waals surface area contributed by atoms with Gasteiger partial charge in [0.15, 0.2) is 5.58 Å². The summed E-state index contributed by atoms with van der Waals surface area (Å²) < 4.78 is 10.9. The SMILES string of the molecule is COc1ccc2oc(CNc3cc(C4CC4)ncn3)nc2c1. The van der Waals surface area contributed by atoms with E-state index in [9.17, 15) is 0 Å². The highest BCUT2D eigenvalue weighted by Crippen LogP contribution is 2.39. The van der Waals surface area contributed by atoms with Gasteiger partial charge in [0.1, 0.15) is 23.4 Å². The molecule has 1 N–H and O–H groups in total. The van der Waals surface area contributed by atoms with E-state index >= 15 is 0 Å². The molecule has 0 amide bonds. The first-order valence-electron chi connectivity index (χ1n) is 7.31. The van der Waals surface area contributed by atoms with E-state index < -0.39 is 0 Å². The van der Waals surface area contributed by atoms with Crippen molar-refractivity contribution in [3.8, 4) is 5.75 Å². The second-order valence-corrected chi connectivity index (χ2v) is 5.40. The minimum absolute atomic E-state index is 0.484. The fourth-order valence-corrected chi connectivity index (χ4v) is 2.40. The first kappa shape index (κ1) is 13.1. The van der Waals surface area contributed by atoms with Gasteiger partial charge in [-0.3, -0.25) is 0 Å². The van der Waals surface area contributed by atoms with Crippen molar-refractivity contribution in [1.29, 1.82) is 0 Å². The van der Waals surface area contributed by atoms with Gasteiger partial charge >= 0.3 is 0 Å². The Kier molecular flexibility index (Phi) is 3.14. The molecule has 6 nitrogen and oxygen atoms in total. The molecule has 6 heteroatoms. The summed E-state index contributed by atoms with van der Waals surface area (Å²) in [6.45, 7) is 0.484. The van der Waals surface area contributed by atoms with Gasteiger partial charge in [-0.15, -0.1) is 0 Å². The normalized spacial score (nSPS) is 14.2. The van der Waals surface area contributed by atoms with Crippen molar-refractivity contribution >= 4 is 16.9 Å². The smallest absolute Gasteiger partial charge is 0.214 e. The average molecular weight is 296 g/mol. The van der Waals surface area contributed by atoms with Crippen molar-refractivity contribution in [2.24, 2.45) is 0 Å². The number of nitrogens with zero attached hydrogens (tertiary/aromatic N) is 3. The fourth-order valence-electron chi connectivity index (χ4n) is 2.40. The topological polar surface area (TPSA) is 73.1 Å². The summed E-state index contributed by atoms with van der Waals surface area (Å²) in [5.41, 5.74) is 2.65. The molecule has 0 saturated heterocycles. The standard InChI is InChI=1S/C16H16N4O2/c1-21-11-4-5-14-13(6-11)20-16(22-14)8-17-15-7-12(10-2-3-10)18-9-19-15/h4-7,9-10H,2-3,8H2,1H3,(H,17,18,19). The maximum absolute atomic E-state index is 5.71. The van der Waals surface area contributed by atoms with Gasteiger partial charge in [0, 0.05) is 23.7 Å². The summed E-state index contributed by atoms with van der Waals surface area (Å²) >= 11 is 0. The number of oxazole rings is 1. The van der Waals surface area contributed by atoms with E-state index in [1.165, 1.54) is 12.8 Å². The molecule has 0 atom stereocenters. The Hall–Kier alpha value is -2.63. The number of benzene rings is 1. The molecule has 2 heterocycles. The largest absolute Gasteiger partial charge is 0.497 e. The van der Waals surface area contributed by atoms with Gasteiger partial charge in [-0.2, -0.15) is 0 Å². The first-order chi connectivity index (χ1) is 10.8. The summed E-state index contributed by atoms with van der Waals surface area (Å²) in [6.07, 6.45) is 4.06. The van der Waals surface area contributed by atoms with E-state index in [2.05, 4.69) is 20.3 Å². The maximum Gasteiger partial charge on any atom is 0.214 e. The predicted octanol–water partition coefficient (Wildman–Crippen LogP) is 3.12. The molecule has 22 heavy (non-hydrogen) atoms. The number of aromatic nitrogens is 3. The molecule has 2 aromatic heterocycles. The van der Waals surface area contributed by atoms with Crippen LogP contribution in [0.3, 0.4) is 0 Å². The summed E-state index contributed by atoms with van der Waals surface area (Å²) in [6, 6.07) is 7.58. The van der Waals surface area contributed by atoms with Crippen molar-refractivity contribution < 1.29 is 9.15 Å². The third-order valence-corrected chi connectivity index (χ3v) is 3.74. The molecule has 1 aliphatic rings. The van der Waals surface area contributed by atoms with Gasteiger partial charge < -0.3 is 14.5 Å². The maximum atomic E-state index is 5.71. The predicted molar refractivity (Wildman–Crippen MR) is 81.9 cm³/mol. The molecule has 0 radical (unpaired) electrons. The van der Waals surface area contributed by atoms with Crippen LogP contribution in [0.25, 0.3) is 11.1 Å². The lowest BCUT2D eigenvalue weighted by molar-refractivity contribution is 0.415. The van der Waals surface area contributed by atoms with Crippen LogP contribution in [0.4, 0.5) is 5.82 Å². The van der Waals surface area contributed by atoms with Crippen LogP contribution >= 0.6 is 0 Å². The molecule has 1 aliphatic carbocycles. The monoisotopic (exact) mass is 296 g/mol. The van der Waals surface area contributed by atoms with Crippen LogP contribution in [-0.2, 0) is 6.54 Å². The van der Waals surface area contributed by atoms with E-state index in [1.807, 2.05) is 24.3 Å². The highest BCUT2D eigenvalue weighted by atomic mass is 16.5. The van der Waals surface area contributed by atoms with Gasteiger partial charge in [-0.05, 0) is 25.0 Å². The number of hydrogen-bond acceptors (Lipinski definition) is 6. The molecular formula is C16H16N4O2. The number of nitrogens with one attached hydrogen (secondary N) is 1. The molecule has 0 bridgehead atoms. The highest BCUT2D eigenvalue weighted by Gasteiger charge is 2.25. The number of fused-ring (bicyclic) bond motifs is 1. The molecular weight excluding hydrogens is 280 g/mol. The van der Waals surface area contributed by atoms with Gasteiger partial charge in [0.2, 0.25) is 5.89 Å². The molecule has 0 unspecified atom stereocenters. The Morgan fingerprint density at radius 3 is 3.00 bits per heavy atom. The summed E-state index contributed by atoms with van der Waals surface area (Å²) in [5, 5.41) is 3.23. The third kappa shape index (κ3) is 2.59. The molecule has 0 spiro atoms. The van der Waals surface area contributed by atoms with E-state index in [0.29, 0.717) is 18.4 Å². The van der Waals surface area contributed by atoms with Crippen molar-refractivity contribution in [2.45, 2.75) is 25.3 Å². The van der Waals surface area contributed by atoms with E-state index in [4.69, 9.17) is 9.15 Å². The minimum atomic E-state index is 0.484. The first-order valence-corrected chi connectivity index (χ1v) is 7.31. The van der Waals surface area contributed by atoms with E-state index in [0.717, 1.165) is 28.4 Å². The van der Waals surface area contributed by atoms with Crippen LogP contribution < -0.4 is 10.1 Å². The Bertz CT molecular complexity index is 811. The minimum Gasteiger partial charge on any atom is -0.497 e. The van der Waals surface area contributed by atoms with Crippen molar-refractivity contribution in [2.75, 3.05) is 12.4 Å². The van der Waals surface area contributed by atoms with Gasteiger partial charge in [-0.25, -0.2) is 15.0 Å². The van der Waals surface area contributed by atoms with Crippen LogP contribution in [0.2, 0.25) is 0 Å². The number of ether oxygens (including phenoxy) is 1. The fraction of sp³-hybridized carbons (Fsp3) is 0.312. The number of anilines is 1. The zero-order chi connectivity index (χ0) is 14.9. The average Bonchev–Trinajstić information content (AvgIpc) is 3.32. The highest BCUT2D eigenvalue weighted by molar-refractivity contribution is 5.74. The summed E-state index contributed by atoms with van der Waals surface area (Å²) in [5.74, 6) is 2.80. The summed E-state index contributed by atoms with van der Waals surface area (Å²) in [4.78, 5) is 13.0. The van der Waals surface area contributed by atoms with E-state index in [-0.39, 0.29) is 0 Å². The van der Waals surface area contributed by atoms with Gasteiger partial charge in [-0.1, -0.05) is 0 Å². The Labute approximate surface area is 127 Å². The van der Waals surface area contributed by atoms with Crippen LogP contribution in [0, 0.1) is 0 Å². The van der Waals surface area contributed by atoms with Crippen molar-refractivity contribution in [3.05, 3.63) is 42.2 Å². The molecule has 1 fully saturated rings. The lowest BCUT2D eigenvalue weighted by atomic mass is 10.3. The lowest BCUT2D eigenvalue weighted by Gasteiger charge is -2.03. The van der Waals surface area contributed by atoms with Crippen LogP contribution in [0.1, 0.15) is 30.3 Å². The quantitative estimate of drug-likeness (QED) is 0.780. The van der Waals surface area contributed by atoms with Crippen LogP contribution in [-0.4, -0.2) is 22.1 Å². The number of methoxy groups -OCH3 is 1. The Balaban J connectivity index is 1.50. The zero-order valence-electron chi connectivity index (χ0n) is 12.2. The second-order valence-electron chi connectivity index (χ2n) is 5.40. The molecule has 1 saturated carbocycles. The molecule has 112 valence electrons. The number of rotatable bonds is 5. The van der Waals surface area contributed by atoms with Crippen LogP contribution in [0.15, 0.2) is 35.0 Å². The second kappa shape index (κ2) is 5.29. The Morgan fingerprint density at radius 2 is 2.18 bits per heavy atom. The number of hydrogen-bond donors (Lipinski definition) is 1. The lowest BCUT2D eigenvalue weighted by Crippen LogP contribution is -2.02.